The molecule has 3 heterocycles. The van der Waals surface area contributed by atoms with Crippen molar-refractivity contribution in [3.05, 3.63) is 72.3 Å². The first-order chi connectivity index (χ1) is 16.9. The Balaban J connectivity index is 1.44. The molecule has 2 aromatic carbocycles. The van der Waals surface area contributed by atoms with Gasteiger partial charge in [0.2, 0.25) is 11.8 Å². The highest BCUT2D eigenvalue weighted by Gasteiger charge is 2.30. The van der Waals surface area contributed by atoms with Crippen LogP contribution in [0.15, 0.2) is 55.1 Å². The molecule has 0 bridgehead atoms. The molecule has 5 rings (SSSR count). The van der Waals surface area contributed by atoms with Crippen molar-refractivity contribution in [2.24, 2.45) is 0 Å². The molecule has 0 atom stereocenters. The molecule has 0 saturated carbocycles. The molecular formula is C24H19F2N5O3S. The number of benzene rings is 2. The van der Waals surface area contributed by atoms with E-state index in [9.17, 15) is 23.2 Å². The van der Waals surface area contributed by atoms with Crippen LogP contribution in [0.4, 0.5) is 19.6 Å². The van der Waals surface area contributed by atoms with Crippen LogP contribution in [0.5, 0.6) is 0 Å². The van der Waals surface area contributed by atoms with Gasteiger partial charge in [-0.3, -0.25) is 24.2 Å². The molecular weight excluding hydrogens is 476 g/mol. The molecule has 0 radical (unpaired) electrons. The molecule has 0 N–H and O–H groups in total. The summed E-state index contributed by atoms with van der Waals surface area (Å²) in [4.78, 5) is 48.3. The molecule has 178 valence electrons. The SMILES string of the molecule is O=C(c1ccc(N2C(=O)CCC2=O)cc1)N(CCCn1ccnc1)c1nc2c(F)cc(F)cc2s1. The predicted octanol–water partition coefficient (Wildman–Crippen LogP) is 4.16. The summed E-state index contributed by atoms with van der Waals surface area (Å²) < 4.78 is 30.1. The fraction of sp³-hybridized carbons (Fsp3) is 0.208. The highest BCUT2D eigenvalue weighted by molar-refractivity contribution is 7.22. The highest BCUT2D eigenvalue weighted by atomic mass is 32.1. The Morgan fingerprint density at radius 2 is 1.83 bits per heavy atom. The van der Waals surface area contributed by atoms with Crippen LogP contribution in [0.25, 0.3) is 10.2 Å². The Labute approximate surface area is 202 Å². The van der Waals surface area contributed by atoms with E-state index in [1.54, 1.807) is 24.7 Å². The predicted molar refractivity (Wildman–Crippen MR) is 126 cm³/mol. The Hall–Kier alpha value is -3.99. The molecule has 2 aromatic heterocycles. The number of fused-ring (bicyclic) bond motifs is 1. The van der Waals surface area contributed by atoms with E-state index in [0.717, 1.165) is 22.3 Å². The number of amides is 3. The lowest BCUT2D eigenvalue weighted by Crippen LogP contribution is -2.32. The first kappa shape index (κ1) is 22.8. The Morgan fingerprint density at radius 1 is 1.09 bits per heavy atom. The number of imidazole rings is 1. The van der Waals surface area contributed by atoms with Gasteiger partial charge < -0.3 is 4.57 Å². The minimum Gasteiger partial charge on any atom is -0.337 e. The lowest BCUT2D eigenvalue weighted by molar-refractivity contribution is -0.121. The summed E-state index contributed by atoms with van der Waals surface area (Å²) in [5, 5.41) is 0.245. The third kappa shape index (κ3) is 4.54. The number of nitrogens with zero attached hydrogens (tertiary/aromatic N) is 5. The third-order valence-corrected chi connectivity index (χ3v) is 6.68. The van der Waals surface area contributed by atoms with E-state index in [1.165, 1.54) is 23.1 Å². The number of aromatic nitrogens is 3. The third-order valence-electron chi connectivity index (χ3n) is 5.66. The fourth-order valence-electron chi connectivity index (χ4n) is 3.95. The number of hydrogen-bond acceptors (Lipinski definition) is 6. The van der Waals surface area contributed by atoms with E-state index in [2.05, 4.69) is 9.97 Å². The molecule has 8 nitrogen and oxygen atoms in total. The van der Waals surface area contributed by atoms with Crippen LogP contribution in [0.3, 0.4) is 0 Å². The van der Waals surface area contributed by atoms with Crippen molar-refractivity contribution in [1.82, 2.24) is 14.5 Å². The summed E-state index contributed by atoms with van der Waals surface area (Å²) in [6, 6.07) is 8.11. The van der Waals surface area contributed by atoms with Crippen LogP contribution >= 0.6 is 11.3 Å². The van der Waals surface area contributed by atoms with Crippen molar-refractivity contribution < 1.29 is 23.2 Å². The molecule has 1 aliphatic heterocycles. The first-order valence-corrected chi connectivity index (χ1v) is 11.7. The Morgan fingerprint density at radius 3 is 2.51 bits per heavy atom. The number of anilines is 2. The van der Waals surface area contributed by atoms with Crippen LogP contribution in [0, 0.1) is 11.6 Å². The van der Waals surface area contributed by atoms with Gasteiger partial charge in [-0.1, -0.05) is 11.3 Å². The van der Waals surface area contributed by atoms with E-state index in [1.807, 2.05) is 10.8 Å². The number of hydrogen-bond donors (Lipinski definition) is 0. The fourth-order valence-corrected chi connectivity index (χ4v) is 4.98. The maximum Gasteiger partial charge on any atom is 0.260 e. The zero-order valence-corrected chi connectivity index (χ0v) is 19.2. The van der Waals surface area contributed by atoms with Crippen molar-refractivity contribution in [2.75, 3.05) is 16.3 Å². The topological polar surface area (TPSA) is 88.4 Å². The van der Waals surface area contributed by atoms with Gasteiger partial charge in [-0.05, 0) is 36.8 Å². The summed E-state index contributed by atoms with van der Waals surface area (Å²) in [6.45, 7) is 0.863. The lowest BCUT2D eigenvalue weighted by Gasteiger charge is -2.21. The summed E-state index contributed by atoms with van der Waals surface area (Å²) in [7, 11) is 0. The lowest BCUT2D eigenvalue weighted by atomic mass is 10.1. The molecule has 1 saturated heterocycles. The highest BCUT2D eigenvalue weighted by Crippen LogP contribution is 2.32. The first-order valence-electron chi connectivity index (χ1n) is 10.9. The number of aryl methyl sites for hydroxylation is 1. The Kier molecular flexibility index (Phi) is 6.08. The van der Waals surface area contributed by atoms with Crippen LogP contribution in [-0.4, -0.2) is 38.8 Å². The zero-order valence-electron chi connectivity index (χ0n) is 18.4. The number of halogens is 2. The standard InChI is InChI=1S/C24H19F2N5O3S/c25-16-12-18(26)22-19(13-16)35-24(28-22)30(10-1-9-29-11-8-27-14-29)23(34)15-2-4-17(5-3-15)31-20(32)6-7-21(31)33/h2-5,8,11-14H,1,6-7,9-10H2. The second kappa shape index (κ2) is 9.34. The molecule has 1 aliphatic rings. The van der Waals surface area contributed by atoms with Gasteiger partial charge in [-0.2, -0.15) is 0 Å². The van der Waals surface area contributed by atoms with Crippen molar-refractivity contribution in [3.63, 3.8) is 0 Å². The van der Waals surface area contributed by atoms with Crippen LogP contribution in [-0.2, 0) is 16.1 Å². The van der Waals surface area contributed by atoms with E-state index >= 15 is 0 Å². The van der Waals surface area contributed by atoms with Gasteiger partial charge in [0.05, 0.1) is 16.7 Å². The van der Waals surface area contributed by atoms with Gasteiger partial charge in [-0.25, -0.2) is 18.7 Å². The molecule has 11 heteroatoms. The molecule has 0 aliphatic carbocycles. The van der Waals surface area contributed by atoms with Crippen molar-refractivity contribution in [1.29, 1.82) is 0 Å². The van der Waals surface area contributed by atoms with Crippen LogP contribution in [0.2, 0.25) is 0 Å². The van der Waals surface area contributed by atoms with Crippen molar-refractivity contribution in [3.8, 4) is 0 Å². The number of thiazole rings is 1. The van der Waals surface area contributed by atoms with Gasteiger partial charge in [-0.15, -0.1) is 0 Å². The van der Waals surface area contributed by atoms with Gasteiger partial charge in [0.15, 0.2) is 10.9 Å². The quantitative estimate of drug-likeness (QED) is 0.359. The smallest absolute Gasteiger partial charge is 0.260 e. The number of imide groups is 1. The normalized spacial score (nSPS) is 13.7. The second-order valence-electron chi connectivity index (χ2n) is 8.01. The maximum absolute atomic E-state index is 14.3. The summed E-state index contributed by atoms with van der Waals surface area (Å²) >= 11 is 1.03. The number of rotatable bonds is 7. The molecule has 0 unspecified atom stereocenters. The van der Waals surface area contributed by atoms with Gasteiger partial charge in [0, 0.05) is 50.0 Å². The average Bonchev–Trinajstić information content (AvgIpc) is 3.57. The second-order valence-corrected chi connectivity index (χ2v) is 9.02. The van der Waals surface area contributed by atoms with Gasteiger partial charge in [0.1, 0.15) is 11.3 Å². The summed E-state index contributed by atoms with van der Waals surface area (Å²) in [5.41, 5.74) is 0.708. The average molecular weight is 496 g/mol. The zero-order chi connectivity index (χ0) is 24.5. The molecule has 0 spiro atoms. The molecule has 35 heavy (non-hydrogen) atoms. The van der Waals surface area contributed by atoms with E-state index in [0.29, 0.717) is 28.9 Å². The largest absolute Gasteiger partial charge is 0.337 e. The summed E-state index contributed by atoms with van der Waals surface area (Å²) in [5.74, 6) is -2.46. The molecule has 1 fully saturated rings. The minimum atomic E-state index is -0.794. The number of carbonyl (C=O) groups is 3. The molecule has 3 amide bonds. The van der Waals surface area contributed by atoms with Crippen LogP contribution < -0.4 is 9.80 Å². The van der Waals surface area contributed by atoms with Crippen molar-refractivity contribution >= 4 is 50.1 Å². The summed E-state index contributed by atoms with van der Waals surface area (Å²) in [6.07, 6.45) is 6.02. The van der Waals surface area contributed by atoms with Crippen LogP contribution in [0.1, 0.15) is 29.6 Å². The molecule has 4 aromatic rings. The Bertz CT molecular complexity index is 1400. The van der Waals surface area contributed by atoms with Crippen molar-refractivity contribution in [2.45, 2.75) is 25.8 Å². The monoisotopic (exact) mass is 495 g/mol. The minimum absolute atomic E-state index is 0.000200. The van der Waals surface area contributed by atoms with E-state index in [4.69, 9.17) is 0 Å². The van der Waals surface area contributed by atoms with Gasteiger partial charge in [0.25, 0.3) is 5.91 Å². The number of carbonyl (C=O) groups excluding carboxylic acids is 3. The van der Waals surface area contributed by atoms with E-state index < -0.39 is 11.6 Å². The van der Waals surface area contributed by atoms with E-state index in [-0.39, 0.29) is 47.8 Å². The van der Waals surface area contributed by atoms with Gasteiger partial charge >= 0.3 is 0 Å². The maximum atomic E-state index is 14.3.